The number of fused-ring (bicyclic) bond motifs is 6. The number of ketones is 2. The number of carbonyl (C=O) groups is 4. The van der Waals surface area contributed by atoms with E-state index in [0.29, 0.717) is 33.7 Å². The molecule has 10 nitrogen and oxygen atoms in total. The lowest BCUT2D eigenvalue weighted by atomic mass is 9.97. The van der Waals surface area contributed by atoms with Gasteiger partial charge in [-0.2, -0.15) is 0 Å². The van der Waals surface area contributed by atoms with Gasteiger partial charge in [-0.3, -0.25) is 9.59 Å². The quantitative estimate of drug-likeness (QED) is 0.0689. The third kappa shape index (κ3) is 6.04. The summed E-state index contributed by atoms with van der Waals surface area (Å²) in [4.78, 5) is 59.6. The highest BCUT2D eigenvalue weighted by Gasteiger charge is 2.18. The average molecular weight is 691 g/mol. The standard InChI is InChI=1S/C42H34N4O6/c1-23(43-51-25(3)47)29-11-15-37-33(19-29)35-21-31(13-17-39(35)45(37)5)41(49)27-7-9-28(10-8-27)42(50)32-14-18-40-36(22-32)34-20-30(12-16-38(34)46(40)6)24(2)44-52-26(4)48/h7-22H,1-6H3/b43-23-,44-24-. The number of aromatic nitrogens is 2. The number of nitrogens with zero attached hydrogens (tertiary/aromatic N) is 4. The van der Waals surface area contributed by atoms with Gasteiger partial charge in [0.2, 0.25) is 0 Å². The molecule has 2 heterocycles. The number of carbonyl (C=O) groups excluding carboxylic acids is 4. The second-order valence-corrected chi connectivity index (χ2v) is 12.8. The van der Waals surface area contributed by atoms with Gasteiger partial charge in [-0.1, -0.05) is 46.7 Å². The zero-order valence-electron chi connectivity index (χ0n) is 29.5. The molecule has 5 aromatic carbocycles. The molecule has 0 radical (unpaired) electrons. The molecule has 0 N–H and O–H groups in total. The molecule has 7 rings (SSSR count). The van der Waals surface area contributed by atoms with E-state index in [0.717, 1.165) is 54.7 Å². The van der Waals surface area contributed by atoms with Crippen molar-refractivity contribution < 1.29 is 28.9 Å². The molecule has 0 fully saturated rings. The van der Waals surface area contributed by atoms with Gasteiger partial charge in [0.15, 0.2) is 11.6 Å². The highest BCUT2D eigenvalue weighted by Crippen LogP contribution is 2.32. The summed E-state index contributed by atoms with van der Waals surface area (Å²) < 4.78 is 4.13. The lowest BCUT2D eigenvalue weighted by Gasteiger charge is -2.06. The molecule has 0 spiro atoms. The molecular formula is C42H34N4O6. The van der Waals surface area contributed by atoms with Crippen molar-refractivity contribution in [3.05, 3.63) is 130 Å². The second-order valence-electron chi connectivity index (χ2n) is 12.8. The summed E-state index contributed by atoms with van der Waals surface area (Å²) in [6.07, 6.45) is 0. The van der Waals surface area contributed by atoms with Crippen molar-refractivity contribution in [2.24, 2.45) is 24.4 Å². The van der Waals surface area contributed by atoms with Gasteiger partial charge in [0.25, 0.3) is 0 Å². The van der Waals surface area contributed by atoms with Gasteiger partial charge in [0.05, 0.1) is 11.4 Å². The number of hydrogen-bond donors (Lipinski definition) is 0. The summed E-state index contributed by atoms with van der Waals surface area (Å²) in [5, 5.41) is 11.5. The molecule has 52 heavy (non-hydrogen) atoms. The minimum Gasteiger partial charge on any atom is -0.344 e. The van der Waals surface area contributed by atoms with E-state index in [9.17, 15) is 19.2 Å². The van der Waals surface area contributed by atoms with E-state index < -0.39 is 11.9 Å². The maximum Gasteiger partial charge on any atom is 0.331 e. The Morgan fingerprint density at radius 3 is 1.00 bits per heavy atom. The topological polar surface area (TPSA) is 121 Å². The first kappa shape index (κ1) is 33.8. The summed E-state index contributed by atoms with van der Waals surface area (Å²) >= 11 is 0. The average Bonchev–Trinajstić information content (AvgIpc) is 3.60. The first-order chi connectivity index (χ1) is 24.9. The summed E-state index contributed by atoms with van der Waals surface area (Å²) in [5.41, 5.74) is 8.55. The molecule has 0 amide bonds. The normalized spacial score (nSPS) is 12.2. The van der Waals surface area contributed by atoms with Crippen LogP contribution in [0.2, 0.25) is 0 Å². The molecule has 0 saturated heterocycles. The van der Waals surface area contributed by atoms with Gasteiger partial charge in [-0.05, 0) is 85.6 Å². The van der Waals surface area contributed by atoms with Crippen LogP contribution in [0.4, 0.5) is 0 Å². The summed E-state index contributed by atoms with van der Waals surface area (Å²) in [7, 11) is 3.95. The first-order valence-electron chi connectivity index (χ1n) is 16.6. The smallest absolute Gasteiger partial charge is 0.331 e. The fourth-order valence-electron chi connectivity index (χ4n) is 6.65. The predicted molar refractivity (Wildman–Crippen MR) is 202 cm³/mol. The fraction of sp³-hybridized carbons (Fsp3) is 0.143. The molecule has 7 aromatic rings. The van der Waals surface area contributed by atoms with E-state index in [4.69, 9.17) is 9.68 Å². The number of oxime groups is 2. The molecule has 2 aromatic heterocycles. The molecular weight excluding hydrogens is 656 g/mol. The molecule has 0 bridgehead atoms. The van der Waals surface area contributed by atoms with Gasteiger partial charge >= 0.3 is 11.9 Å². The van der Waals surface area contributed by atoms with Gasteiger partial charge in [0.1, 0.15) is 0 Å². The molecule has 0 aliphatic heterocycles. The van der Waals surface area contributed by atoms with Crippen LogP contribution in [0.3, 0.4) is 0 Å². The summed E-state index contributed by atoms with van der Waals surface area (Å²) in [6, 6.07) is 29.7. The SMILES string of the molecule is CC(=O)O/N=C(/C)c1ccc2c(c1)c1cc(C(=O)c3ccc(C(=O)c4ccc5c(c4)c4cc(/C(C)=N\OC(C)=O)ccc4n5C)cc3)ccc1n2C. The number of hydrogen-bond acceptors (Lipinski definition) is 8. The van der Waals surface area contributed by atoms with Crippen LogP contribution in [0.5, 0.6) is 0 Å². The Morgan fingerprint density at radius 2 is 0.692 bits per heavy atom. The van der Waals surface area contributed by atoms with Crippen molar-refractivity contribution in [2.75, 3.05) is 0 Å². The maximum atomic E-state index is 13.7. The van der Waals surface area contributed by atoms with Crippen molar-refractivity contribution in [3.8, 4) is 0 Å². The van der Waals surface area contributed by atoms with E-state index in [-0.39, 0.29) is 11.6 Å². The maximum absolute atomic E-state index is 13.7. The van der Waals surface area contributed by atoms with Crippen molar-refractivity contribution in [3.63, 3.8) is 0 Å². The Hall–Kier alpha value is -6.68. The lowest BCUT2D eigenvalue weighted by molar-refractivity contribution is -0.141. The van der Waals surface area contributed by atoms with Gasteiger partial charge in [0, 0.05) is 93.8 Å². The molecule has 0 aliphatic carbocycles. The highest BCUT2D eigenvalue weighted by molar-refractivity contribution is 6.18. The minimum absolute atomic E-state index is 0.165. The zero-order chi connectivity index (χ0) is 36.8. The number of rotatable bonds is 8. The van der Waals surface area contributed by atoms with E-state index in [1.807, 2.05) is 86.9 Å². The van der Waals surface area contributed by atoms with E-state index in [1.54, 1.807) is 38.1 Å². The highest BCUT2D eigenvalue weighted by atomic mass is 16.7. The van der Waals surface area contributed by atoms with Crippen molar-refractivity contribution in [2.45, 2.75) is 27.7 Å². The van der Waals surface area contributed by atoms with Gasteiger partial charge < -0.3 is 18.8 Å². The largest absolute Gasteiger partial charge is 0.344 e. The third-order valence-electron chi connectivity index (χ3n) is 9.40. The monoisotopic (exact) mass is 690 g/mol. The Kier molecular flexibility index (Phi) is 8.59. The van der Waals surface area contributed by atoms with Crippen molar-refractivity contribution >= 4 is 78.5 Å². The van der Waals surface area contributed by atoms with Gasteiger partial charge in [-0.25, -0.2) is 9.59 Å². The Bertz CT molecular complexity index is 2520. The lowest BCUT2D eigenvalue weighted by Crippen LogP contribution is -2.04. The predicted octanol–water partition coefficient (Wildman–Crippen LogP) is 8.01. The molecule has 0 atom stereocenters. The van der Waals surface area contributed by atoms with Crippen LogP contribution in [0.15, 0.2) is 107 Å². The molecule has 10 heteroatoms. The molecule has 258 valence electrons. The molecule has 0 unspecified atom stereocenters. The van der Waals surface area contributed by atoms with E-state index >= 15 is 0 Å². The Labute approximate surface area is 298 Å². The van der Waals surface area contributed by atoms with Crippen molar-refractivity contribution in [1.29, 1.82) is 0 Å². The minimum atomic E-state index is -0.496. The zero-order valence-corrected chi connectivity index (χ0v) is 29.5. The number of benzene rings is 5. The number of aryl methyl sites for hydroxylation is 2. The first-order valence-corrected chi connectivity index (χ1v) is 16.6. The fourth-order valence-corrected chi connectivity index (χ4v) is 6.65. The van der Waals surface area contributed by atoms with Crippen LogP contribution in [0, 0.1) is 0 Å². The summed E-state index contributed by atoms with van der Waals surface area (Å²) in [5.74, 6) is -1.32. The van der Waals surface area contributed by atoms with Crippen LogP contribution < -0.4 is 0 Å². The molecule has 0 aliphatic rings. The van der Waals surface area contributed by atoms with Crippen LogP contribution in [0.25, 0.3) is 43.6 Å². The van der Waals surface area contributed by atoms with Crippen LogP contribution in [-0.4, -0.2) is 44.1 Å². The van der Waals surface area contributed by atoms with Gasteiger partial charge in [-0.15, -0.1) is 0 Å². The van der Waals surface area contributed by atoms with Crippen LogP contribution in [0.1, 0.15) is 70.7 Å². The van der Waals surface area contributed by atoms with Crippen LogP contribution >= 0.6 is 0 Å². The Balaban J connectivity index is 1.17. The second kappa shape index (κ2) is 13.2. The van der Waals surface area contributed by atoms with Crippen LogP contribution in [-0.2, 0) is 33.4 Å². The molecule has 0 saturated carbocycles. The van der Waals surface area contributed by atoms with Crippen molar-refractivity contribution in [1.82, 2.24) is 9.13 Å². The Morgan fingerprint density at radius 1 is 0.423 bits per heavy atom. The third-order valence-corrected chi connectivity index (χ3v) is 9.40. The van der Waals surface area contributed by atoms with E-state index in [2.05, 4.69) is 19.4 Å². The van der Waals surface area contributed by atoms with E-state index in [1.165, 1.54) is 13.8 Å². The summed E-state index contributed by atoms with van der Waals surface area (Å²) in [6.45, 7) is 6.13.